The van der Waals surface area contributed by atoms with E-state index in [-0.39, 0.29) is 12.1 Å². The summed E-state index contributed by atoms with van der Waals surface area (Å²) in [6.45, 7) is 8.76. The summed E-state index contributed by atoms with van der Waals surface area (Å²) in [5.41, 5.74) is -0.417. The Balaban J connectivity index is 2.33. The summed E-state index contributed by atoms with van der Waals surface area (Å²) in [5, 5.41) is 6.41. The maximum atomic E-state index is 11.6. The van der Waals surface area contributed by atoms with Crippen molar-refractivity contribution < 1.29 is 9.53 Å². The molecule has 0 aromatic carbocycles. The van der Waals surface area contributed by atoms with Gasteiger partial charge in [-0.1, -0.05) is 6.92 Å². The molecule has 1 rings (SSSR count). The second kappa shape index (κ2) is 6.24. The van der Waals surface area contributed by atoms with E-state index in [0.717, 1.165) is 25.8 Å². The number of alkyl carbamates (subject to hydrolysis) is 1. The van der Waals surface area contributed by atoms with Crippen LogP contribution in [0.5, 0.6) is 0 Å². The quantitative estimate of drug-likeness (QED) is 0.799. The lowest BCUT2D eigenvalue weighted by molar-refractivity contribution is 0.0489. The molecule has 0 aromatic heterocycles. The van der Waals surface area contributed by atoms with Crippen molar-refractivity contribution in [2.75, 3.05) is 6.54 Å². The summed E-state index contributed by atoms with van der Waals surface area (Å²) < 4.78 is 5.27. The average molecular weight is 242 g/mol. The topological polar surface area (TPSA) is 50.4 Å². The smallest absolute Gasteiger partial charge is 0.407 e. The highest BCUT2D eigenvalue weighted by Gasteiger charge is 2.24. The lowest BCUT2D eigenvalue weighted by atomic mass is 9.91. The molecule has 0 aromatic rings. The SMILES string of the molecule is CCN[C@H]1CCCC(NC(=O)OC(C)(C)C)C1. The van der Waals surface area contributed by atoms with Gasteiger partial charge in [-0.2, -0.15) is 0 Å². The normalized spacial score (nSPS) is 25.4. The van der Waals surface area contributed by atoms with Crippen LogP contribution >= 0.6 is 0 Å². The van der Waals surface area contributed by atoms with Crippen LogP contribution in [0.3, 0.4) is 0 Å². The van der Waals surface area contributed by atoms with Gasteiger partial charge in [0.15, 0.2) is 0 Å². The van der Waals surface area contributed by atoms with E-state index in [2.05, 4.69) is 17.6 Å². The molecule has 2 atom stereocenters. The second-order valence-electron chi connectivity index (χ2n) is 5.76. The second-order valence-corrected chi connectivity index (χ2v) is 5.76. The molecule has 1 unspecified atom stereocenters. The van der Waals surface area contributed by atoms with Crippen LogP contribution in [-0.2, 0) is 4.74 Å². The summed E-state index contributed by atoms with van der Waals surface area (Å²) in [7, 11) is 0. The van der Waals surface area contributed by atoms with E-state index in [4.69, 9.17) is 4.74 Å². The highest BCUT2D eigenvalue weighted by atomic mass is 16.6. The lowest BCUT2D eigenvalue weighted by Crippen LogP contribution is -2.45. The van der Waals surface area contributed by atoms with Gasteiger partial charge in [0.1, 0.15) is 5.60 Å². The summed E-state index contributed by atoms with van der Waals surface area (Å²) >= 11 is 0. The molecular formula is C13H26N2O2. The van der Waals surface area contributed by atoms with Crippen LogP contribution in [-0.4, -0.2) is 30.3 Å². The molecule has 1 saturated carbocycles. The Kier molecular flexibility index (Phi) is 5.25. The molecule has 1 amide bonds. The number of ether oxygens (including phenoxy) is 1. The molecule has 0 saturated heterocycles. The number of rotatable bonds is 3. The zero-order valence-corrected chi connectivity index (χ0v) is 11.5. The third kappa shape index (κ3) is 5.91. The monoisotopic (exact) mass is 242 g/mol. The fraction of sp³-hybridized carbons (Fsp3) is 0.923. The minimum atomic E-state index is -0.417. The third-order valence-electron chi connectivity index (χ3n) is 2.89. The Morgan fingerprint density at radius 1 is 1.29 bits per heavy atom. The molecule has 4 nitrogen and oxygen atoms in total. The first-order valence-corrected chi connectivity index (χ1v) is 6.63. The largest absolute Gasteiger partial charge is 0.444 e. The third-order valence-corrected chi connectivity index (χ3v) is 2.89. The van der Waals surface area contributed by atoms with Gasteiger partial charge in [0.25, 0.3) is 0 Å². The van der Waals surface area contributed by atoms with Crippen LogP contribution in [0.15, 0.2) is 0 Å². The van der Waals surface area contributed by atoms with Gasteiger partial charge in [0, 0.05) is 12.1 Å². The molecule has 0 radical (unpaired) electrons. The first-order chi connectivity index (χ1) is 7.90. The van der Waals surface area contributed by atoms with Crippen LogP contribution < -0.4 is 10.6 Å². The van der Waals surface area contributed by atoms with Crippen molar-refractivity contribution >= 4 is 6.09 Å². The van der Waals surface area contributed by atoms with E-state index in [1.54, 1.807) is 0 Å². The molecule has 0 aliphatic heterocycles. The van der Waals surface area contributed by atoms with E-state index in [0.29, 0.717) is 6.04 Å². The molecule has 0 spiro atoms. The molecular weight excluding hydrogens is 216 g/mol. The summed E-state index contributed by atoms with van der Waals surface area (Å²) in [6, 6.07) is 0.788. The van der Waals surface area contributed by atoms with Crippen LogP contribution in [0.25, 0.3) is 0 Å². The van der Waals surface area contributed by atoms with E-state index in [1.807, 2.05) is 20.8 Å². The minimum Gasteiger partial charge on any atom is -0.444 e. The van der Waals surface area contributed by atoms with Gasteiger partial charge in [0.05, 0.1) is 0 Å². The van der Waals surface area contributed by atoms with Crippen molar-refractivity contribution in [1.29, 1.82) is 0 Å². The number of amides is 1. The summed E-state index contributed by atoms with van der Waals surface area (Å²) in [4.78, 5) is 11.6. The Morgan fingerprint density at radius 3 is 2.53 bits per heavy atom. The van der Waals surface area contributed by atoms with Crippen molar-refractivity contribution in [2.24, 2.45) is 0 Å². The van der Waals surface area contributed by atoms with Gasteiger partial charge in [-0.15, -0.1) is 0 Å². The van der Waals surface area contributed by atoms with Crippen molar-refractivity contribution in [1.82, 2.24) is 10.6 Å². The molecule has 4 heteroatoms. The highest BCUT2D eigenvalue weighted by molar-refractivity contribution is 5.68. The number of carbonyl (C=O) groups excluding carboxylic acids is 1. The number of nitrogens with one attached hydrogen (secondary N) is 2. The van der Waals surface area contributed by atoms with Gasteiger partial charge >= 0.3 is 6.09 Å². The number of hydrogen-bond donors (Lipinski definition) is 2. The van der Waals surface area contributed by atoms with Crippen LogP contribution in [0.2, 0.25) is 0 Å². The van der Waals surface area contributed by atoms with Gasteiger partial charge in [-0.3, -0.25) is 0 Å². The van der Waals surface area contributed by atoms with Gasteiger partial charge in [0.2, 0.25) is 0 Å². The first-order valence-electron chi connectivity index (χ1n) is 6.63. The van der Waals surface area contributed by atoms with Crippen LogP contribution in [0.4, 0.5) is 4.79 Å². The van der Waals surface area contributed by atoms with Gasteiger partial charge in [-0.05, 0) is 53.0 Å². The number of hydrogen-bond acceptors (Lipinski definition) is 3. The molecule has 1 fully saturated rings. The zero-order valence-electron chi connectivity index (χ0n) is 11.5. The molecule has 1 aliphatic rings. The maximum absolute atomic E-state index is 11.6. The van der Waals surface area contributed by atoms with Gasteiger partial charge < -0.3 is 15.4 Å². The van der Waals surface area contributed by atoms with Crippen LogP contribution in [0, 0.1) is 0 Å². The minimum absolute atomic E-state index is 0.252. The van der Waals surface area contributed by atoms with Crippen molar-refractivity contribution in [3.8, 4) is 0 Å². The molecule has 0 bridgehead atoms. The van der Waals surface area contributed by atoms with E-state index in [9.17, 15) is 4.79 Å². The van der Waals surface area contributed by atoms with Crippen LogP contribution in [0.1, 0.15) is 53.4 Å². The highest BCUT2D eigenvalue weighted by Crippen LogP contribution is 2.19. The fourth-order valence-corrected chi connectivity index (χ4v) is 2.27. The predicted octanol–water partition coefficient (Wildman–Crippen LogP) is 2.43. The summed E-state index contributed by atoms with van der Waals surface area (Å²) in [5.74, 6) is 0. The van der Waals surface area contributed by atoms with Gasteiger partial charge in [-0.25, -0.2) is 4.79 Å². The Morgan fingerprint density at radius 2 is 1.94 bits per heavy atom. The van der Waals surface area contributed by atoms with E-state index >= 15 is 0 Å². The average Bonchev–Trinajstić information content (AvgIpc) is 2.15. The molecule has 2 N–H and O–H groups in total. The standard InChI is InChI=1S/C13H26N2O2/c1-5-14-10-7-6-8-11(9-10)15-12(16)17-13(2,3)4/h10-11,14H,5-9H2,1-4H3,(H,15,16)/t10-,11?/m0/s1. The Labute approximate surface area is 104 Å². The van der Waals surface area contributed by atoms with Crippen molar-refractivity contribution in [3.63, 3.8) is 0 Å². The van der Waals surface area contributed by atoms with Crippen molar-refractivity contribution in [3.05, 3.63) is 0 Å². The molecule has 1 aliphatic carbocycles. The molecule has 100 valence electrons. The molecule has 17 heavy (non-hydrogen) atoms. The number of carbonyl (C=O) groups is 1. The Bertz CT molecular complexity index is 246. The fourth-order valence-electron chi connectivity index (χ4n) is 2.27. The lowest BCUT2D eigenvalue weighted by Gasteiger charge is -2.31. The van der Waals surface area contributed by atoms with E-state index < -0.39 is 5.60 Å². The van der Waals surface area contributed by atoms with E-state index in [1.165, 1.54) is 6.42 Å². The zero-order chi connectivity index (χ0) is 12.9. The predicted molar refractivity (Wildman–Crippen MR) is 69.1 cm³/mol. The first kappa shape index (κ1) is 14.3. The maximum Gasteiger partial charge on any atom is 0.407 e. The Hall–Kier alpha value is -0.770. The summed E-state index contributed by atoms with van der Waals surface area (Å²) in [6.07, 6.45) is 4.15. The van der Waals surface area contributed by atoms with Crippen molar-refractivity contribution in [2.45, 2.75) is 71.1 Å². The molecule has 0 heterocycles.